The van der Waals surface area contributed by atoms with Gasteiger partial charge in [-0.05, 0) is 24.3 Å². The summed E-state index contributed by atoms with van der Waals surface area (Å²) < 4.78 is 0. The fourth-order valence-electron chi connectivity index (χ4n) is 1.44. The molecule has 0 radical (unpaired) electrons. The number of anilines is 3. The van der Waals surface area contributed by atoms with Gasteiger partial charge >= 0.3 is 0 Å². The molecule has 84 valence electrons. The van der Waals surface area contributed by atoms with Gasteiger partial charge in [0, 0.05) is 18.8 Å². The zero-order chi connectivity index (χ0) is 12.3. The third-order valence-electron chi connectivity index (χ3n) is 2.40. The summed E-state index contributed by atoms with van der Waals surface area (Å²) >= 11 is 0. The van der Waals surface area contributed by atoms with Crippen molar-refractivity contribution in [2.45, 2.75) is 0 Å². The monoisotopic (exact) mass is 225 g/mol. The number of nitrogen functional groups attached to an aromatic ring is 1. The minimum absolute atomic E-state index is 0.426. The van der Waals surface area contributed by atoms with Crippen LogP contribution in [-0.2, 0) is 0 Å². The van der Waals surface area contributed by atoms with Crippen LogP contribution in [0.5, 0.6) is 0 Å². The van der Waals surface area contributed by atoms with Crippen molar-refractivity contribution in [2.24, 2.45) is 0 Å². The zero-order valence-corrected chi connectivity index (χ0v) is 9.33. The van der Waals surface area contributed by atoms with E-state index in [4.69, 9.17) is 11.0 Å². The lowest BCUT2D eigenvalue weighted by atomic mass is 10.2. The molecule has 0 amide bonds. The molecule has 0 unspecified atom stereocenters. The van der Waals surface area contributed by atoms with Crippen LogP contribution in [0.15, 0.2) is 36.7 Å². The normalized spacial score (nSPS) is 9.65. The van der Waals surface area contributed by atoms with E-state index < -0.39 is 0 Å². The van der Waals surface area contributed by atoms with Crippen LogP contribution in [0.4, 0.5) is 17.3 Å². The second-order valence-electron chi connectivity index (χ2n) is 3.52. The molecule has 5 heteroatoms. The first-order valence-corrected chi connectivity index (χ1v) is 5.02. The first kappa shape index (κ1) is 10.9. The Kier molecular flexibility index (Phi) is 2.88. The number of hydrogen-bond acceptors (Lipinski definition) is 5. The summed E-state index contributed by atoms with van der Waals surface area (Å²) in [5.41, 5.74) is 7.16. The van der Waals surface area contributed by atoms with E-state index in [1.54, 1.807) is 18.2 Å². The van der Waals surface area contributed by atoms with Gasteiger partial charge in [0.25, 0.3) is 0 Å². The largest absolute Gasteiger partial charge is 0.384 e. The minimum Gasteiger partial charge on any atom is -0.384 e. The molecule has 0 saturated heterocycles. The quantitative estimate of drug-likeness (QED) is 0.841. The number of nitrogens with two attached hydrogens (primary N) is 1. The summed E-state index contributed by atoms with van der Waals surface area (Å²) in [5, 5.41) is 8.72. The highest BCUT2D eigenvalue weighted by molar-refractivity contribution is 5.61. The number of nitrogens with zero attached hydrogens (tertiary/aromatic N) is 4. The summed E-state index contributed by atoms with van der Waals surface area (Å²) in [4.78, 5) is 9.84. The molecule has 0 fully saturated rings. The standard InChI is InChI=1S/C12H11N5/c1-17(12-6-11(14)15-8-16-12)10-4-2-9(7-13)3-5-10/h2-6,8H,1H3,(H2,14,15,16). The van der Waals surface area contributed by atoms with Crippen molar-refractivity contribution in [1.29, 1.82) is 5.26 Å². The van der Waals surface area contributed by atoms with Crippen LogP contribution in [-0.4, -0.2) is 17.0 Å². The van der Waals surface area contributed by atoms with Crippen molar-refractivity contribution < 1.29 is 0 Å². The van der Waals surface area contributed by atoms with Crippen LogP contribution in [0.1, 0.15) is 5.56 Å². The molecule has 0 aliphatic rings. The average Bonchev–Trinajstić information content (AvgIpc) is 2.38. The molecular weight excluding hydrogens is 214 g/mol. The number of rotatable bonds is 2. The molecule has 0 aliphatic carbocycles. The topological polar surface area (TPSA) is 78.8 Å². The number of hydrogen-bond donors (Lipinski definition) is 1. The summed E-state index contributed by atoms with van der Waals surface area (Å²) in [6.45, 7) is 0. The lowest BCUT2D eigenvalue weighted by Crippen LogP contribution is -2.11. The minimum atomic E-state index is 0.426. The van der Waals surface area contributed by atoms with E-state index in [-0.39, 0.29) is 0 Å². The van der Waals surface area contributed by atoms with Crippen molar-refractivity contribution in [2.75, 3.05) is 17.7 Å². The zero-order valence-electron chi connectivity index (χ0n) is 9.33. The number of aromatic nitrogens is 2. The highest BCUT2D eigenvalue weighted by Crippen LogP contribution is 2.22. The third kappa shape index (κ3) is 2.32. The van der Waals surface area contributed by atoms with Crippen molar-refractivity contribution in [3.63, 3.8) is 0 Å². The van der Waals surface area contributed by atoms with Gasteiger partial charge in [-0.3, -0.25) is 0 Å². The highest BCUT2D eigenvalue weighted by atomic mass is 15.2. The van der Waals surface area contributed by atoms with Gasteiger partial charge in [-0.1, -0.05) is 0 Å². The maximum atomic E-state index is 8.72. The van der Waals surface area contributed by atoms with Crippen molar-refractivity contribution in [3.8, 4) is 6.07 Å². The molecule has 2 aromatic rings. The van der Waals surface area contributed by atoms with E-state index in [1.165, 1.54) is 6.33 Å². The number of benzene rings is 1. The lowest BCUT2D eigenvalue weighted by molar-refractivity contribution is 1.08. The molecule has 2 rings (SSSR count). The highest BCUT2D eigenvalue weighted by Gasteiger charge is 2.05. The molecule has 2 N–H and O–H groups in total. The Labute approximate surface area is 99.1 Å². The summed E-state index contributed by atoms with van der Waals surface area (Å²) in [5.74, 6) is 1.14. The van der Waals surface area contributed by atoms with Crippen molar-refractivity contribution in [1.82, 2.24) is 9.97 Å². The molecule has 0 atom stereocenters. The Morgan fingerprint density at radius 3 is 2.53 bits per heavy atom. The van der Waals surface area contributed by atoms with Gasteiger partial charge in [0.2, 0.25) is 0 Å². The molecular formula is C12H11N5. The van der Waals surface area contributed by atoms with Crippen LogP contribution < -0.4 is 10.6 Å². The SMILES string of the molecule is CN(c1ccc(C#N)cc1)c1cc(N)ncn1. The fourth-order valence-corrected chi connectivity index (χ4v) is 1.44. The molecule has 0 saturated carbocycles. The van der Waals surface area contributed by atoms with Crippen molar-refractivity contribution >= 4 is 17.3 Å². The second kappa shape index (κ2) is 4.49. The molecule has 0 aliphatic heterocycles. The fraction of sp³-hybridized carbons (Fsp3) is 0.0833. The Bertz CT molecular complexity index is 556. The van der Waals surface area contributed by atoms with E-state index in [1.807, 2.05) is 24.1 Å². The van der Waals surface area contributed by atoms with Crippen LogP contribution in [0.3, 0.4) is 0 Å². The van der Waals surface area contributed by atoms with E-state index in [0.717, 1.165) is 5.69 Å². The molecule has 17 heavy (non-hydrogen) atoms. The van der Waals surface area contributed by atoms with E-state index in [2.05, 4.69) is 16.0 Å². The summed E-state index contributed by atoms with van der Waals surface area (Å²) in [6, 6.07) is 11.0. The van der Waals surface area contributed by atoms with Crippen LogP contribution in [0.25, 0.3) is 0 Å². The van der Waals surface area contributed by atoms with Gasteiger partial charge in [-0.25, -0.2) is 9.97 Å². The maximum absolute atomic E-state index is 8.72. The second-order valence-corrected chi connectivity index (χ2v) is 3.52. The average molecular weight is 225 g/mol. The van der Waals surface area contributed by atoms with Gasteiger partial charge in [0.05, 0.1) is 11.6 Å². The smallest absolute Gasteiger partial charge is 0.138 e. The van der Waals surface area contributed by atoms with Gasteiger partial charge in [-0.2, -0.15) is 5.26 Å². The summed E-state index contributed by atoms with van der Waals surface area (Å²) in [7, 11) is 1.88. The Balaban J connectivity index is 2.30. The number of nitriles is 1. The Morgan fingerprint density at radius 1 is 1.24 bits per heavy atom. The van der Waals surface area contributed by atoms with E-state index in [0.29, 0.717) is 17.2 Å². The van der Waals surface area contributed by atoms with E-state index in [9.17, 15) is 0 Å². The predicted octanol–water partition coefficient (Wildman–Crippen LogP) is 1.70. The van der Waals surface area contributed by atoms with Gasteiger partial charge in [0.15, 0.2) is 0 Å². The Hall–Kier alpha value is -2.61. The third-order valence-corrected chi connectivity index (χ3v) is 2.40. The van der Waals surface area contributed by atoms with Crippen molar-refractivity contribution in [3.05, 3.63) is 42.2 Å². The molecule has 1 heterocycles. The van der Waals surface area contributed by atoms with Gasteiger partial charge < -0.3 is 10.6 Å². The maximum Gasteiger partial charge on any atom is 0.138 e. The van der Waals surface area contributed by atoms with Crippen LogP contribution in [0, 0.1) is 11.3 Å². The molecule has 1 aromatic carbocycles. The molecule has 0 bridgehead atoms. The van der Waals surface area contributed by atoms with Gasteiger partial charge in [0.1, 0.15) is 18.0 Å². The molecule has 1 aromatic heterocycles. The molecule has 0 spiro atoms. The Morgan fingerprint density at radius 2 is 1.94 bits per heavy atom. The predicted molar refractivity (Wildman–Crippen MR) is 65.7 cm³/mol. The van der Waals surface area contributed by atoms with Crippen LogP contribution >= 0.6 is 0 Å². The van der Waals surface area contributed by atoms with Gasteiger partial charge in [-0.15, -0.1) is 0 Å². The lowest BCUT2D eigenvalue weighted by Gasteiger charge is -2.18. The first-order chi connectivity index (χ1) is 8.20. The van der Waals surface area contributed by atoms with Crippen LogP contribution in [0.2, 0.25) is 0 Å². The van der Waals surface area contributed by atoms with E-state index >= 15 is 0 Å². The first-order valence-electron chi connectivity index (χ1n) is 5.02. The summed E-state index contributed by atoms with van der Waals surface area (Å²) in [6.07, 6.45) is 1.42. The molecule has 5 nitrogen and oxygen atoms in total.